The number of aromatic nitrogens is 2. The van der Waals surface area contributed by atoms with E-state index in [1.165, 1.54) is 11.1 Å². The predicted molar refractivity (Wildman–Crippen MR) is 123 cm³/mol. The van der Waals surface area contributed by atoms with Crippen LogP contribution in [0.15, 0.2) is 54.9 Å². The summed E-state index contributed by atoms with van der Waals surface area (Å²) in [7, 11) is 0. The summed E-state index contributed by atoms with van der Waals surface area (Å²) < 4.78 is 6.02. The maximum atomic E-state index is 13.0. The van der Waals surface area contributed by atoms with Crippen LogP contribution in [0.3, 0.4) is 0 Å². The summed E-state index contributed by atoms with van der Waals surface area (Å²) in [6.07, 6.45) is 5.05. The summed E-state index contributed by atoms with van der Waals surface area (Å²) in [5, 5.41) is 3.11. The molecule has 0 spiro atoms. The van der Waals surface area contributed by atoms with Crippen molar-refractivity contribution in [3.05, 3.63) is 71.5 Å². The molecule has 1 aliphatic rings. The molecule has 3 aromatic rings. The van der Waals surface area contributed by atoms with E-state index >= 15 is 0 Å². The zero-order valence-electron chi connectivity index (χ0n) is 18.3. The second-order valence-corrected chi connectivity index (χ2v) is 8.19. The third-order valence-electron chi connectivity index (χ3n) is 5.61. The van der Waals surface area contributed by atoms with Crippen molar-refractivity contribution in [3.63, 3.8) is 0 Å². The number of anilines is 2. The fourth-order valence-corrected chi connectivity index (χ4v) is 3.90. The molecule has 1 aromatic heterocycles. The third-order valence-corrected chi connectivity index (χ3v) is 5.61. The van der Waals surface area contributed by atoms with Crippen LogP contribution in [0.4, 0.5) is 11.5 Å². The lowest BCUT2D eigenvalue weighted by Gasteiger charge is -2.33. The van der Waals surface area contributed by atoms with Crippen molar-refractivity contribution in [2.24, 2.45) is 5.92 Å². The Balaban J connectivity index is 1.48. The molecule has 1 unspecified atom stereocenters. The topological polar surface area (TPSA) is 67.4 Å². The number of hydrogen-bond donors (Lipinski definition) is 1. The van der Waals surface area contributed by atoms with Gasteiger partial charge in [0, 0.05) is 31.2 Å². The first kappa shape index (κ1) is 20.8. The zero-order valence-corrected chi connectivity index (χ0v) is 18.3. The van der Waals surface area contributed by atoms with Crippen LogP contribution in [0.1, 0.15) is 29.5 Å². The molecule has 1 amide bonds. The van der Waals surface area contributed by atoms with Crippen LogP contribution in [0.2, 0.25) is 0 Å². The Morgan fingerprint density at radius 2 is 1.77 bits per heavy atom. The Morgan fingerprint density at radius 1 is 1.03 bits per heavy atom. The first-order valence-electron chi connectivity index (χ1n) is 10.7. The van der Waals surface area contributed by atoms with E-state index < -0.39 is 0 Å². The fraction of sp³-hybridized carbons (Fsp3) is 0.320. The van der Waals surface area contributed by atoms with Gasteiger partial charge in [0.1, 0.15) is 5.75 Å². The minimum atomic E-state index is -0.122. The quantitative estimate of drug-likeness (QED) is 0.630. The van der Waals surface area contributed by atoms with Gasteiger partial charge in [-0.1, -0.05) is 35.4 Å². The minimum Gasteiger partial charge on any atom is -0.436 e. The second kappa shape index (κ2) is 9.16. The van der Waals surface area contributed by atoms with E-state index in [0.717, 1.165) is 30.6 Å². The van der Waals surface area contributed by atoms with Crippen LogP contribution < -0.4 is 15.0 Å². The number of benzene rings is 2. The third kappa shape index (κ3) is 5.02. The van der Waals surface area contributed by atoms with Crippen LogP contribution >= 0.6 is 0 Å². The highest BCUT2D eigenvalue weighted by Gasteiger charge is 2.29. The molecule has 1 fully saturated rings. The van der Waals surface area contributed by atoms with E-state index in [9.17, 15) is 4.79 Å². The number of nitrogens with one attached hydrogen (secondary N) is 1. The Bertz CT molecular complexity index is 1070. The summed E-state index contributed by atoms with van der Waals surface area (Å²) in [6, 6.07) is 13.9. The maximum Gasteiger partial charge on any atom is 0.263 e. The van der Waals surface area contributed by atoms with Gasteiger partial charge in [-0.25, -0.2) is 9.97 Å². The Labute approximate surface area is 183 Å². The Kier molecular flexibility index (Phi) is 6.16. The lowest BCUT2D eigenvalue weighted by atomic mass is 9.96. The normalized spacial score (nSPS) is 16.1. The van der Waals surface area contributed by atoms with Crippen molar-refractivity contribution in [1.29, 1.82) is 0 Å². The van der Waals surface area contributed by atoms with Gasteiger partial charge < -0.3 is 15.0 Å². The van der Waals surface area contributed by atoms with Crippen molar-refractivity contribution >= 4 is 17.4 Å². The molecular formula is C25H28N4O2. The van der Waals surface area contributed by atoms with E-state index in [1.807, 2.05) is 50.2 Å². The molecule has 0 aliphatic carbocycles. The van der Waals surface area contributed by atoms with Gasteiger partial charge in [0.15, 0.2) is 5.82 Å². The van der Waals surface area contributed by atoms with Gasteiger partial charge in [-0.2, -0.15) is 0 Å². The van der Waals surface area contributed by atoms with Crippen LogP contribution in [-0.2, 0) is 4.79 Å². The Morgan fingerprint density at radius 3 is 2.55 bits per heavy atom. The van der Waals surface area contributed by atoms with Crippen molar-refractivity contribution in [1.82, 2.24) is 9.97 Å². The molecule has 2 heterocycles. The molecule has 0 radical (unpaired) electrons. The van der Waals surface area contributed by atoms with Gasteiger partial charge in [-0.3, -0.25) is 4.79 Å². The molecule has 160 valence electrons. The predicted octanol–water partition coefficient (Wildman–Crippen LogP) is 5.05. The zero-order chi connectivity index (χ0) is 21.8. The minimum absolute atomic E-state index is 0.0431. The summed E-state index contributed by atoms with van der Waals surface area (Å²) in [4.78, 5) is 24.0. The molecule has 1 N–H and O–H groups in total. The molecule has 31 heavy (non-hydrogen) atoms. The number of rotatable bonds is 5. The molecule has 0 saturated carbocycles. The van der Waals surface area contributed by atoms with Crippen molar-refractivity contribution < 1.29 is 9.53 Å². The average Bonchev–Trinajstić information content (AvgIpc) is 2.78. The van der Waals surface area contributed by atoms with Crippen LogP contribution in [0, 0.1) is 26.7 Å². The number of ether oxygens (including phenoxy) is 1. The molecule has 0 bridgehead atoms. The standard InChI is InChI=1S/C25H28N4O2/c1-17-6-9-21(10-7-17)31-25-23(26-12-13-27-25)29-14-4-5-20(16-29)24(30)28-22-11-8-18(2)15-19(22)3/h6-13,15,20H,4-5,14,16H2,1-3H3,(H,28,30). The molecular weight excluding hydrogens is 388 g/mol. The van der Waals surface area contributed by atoms with Crippen molar-refractivity contribution in [2.45, 2.75) is 33.6 Å². The van der Waals surface area contributed by atoms with Gasteiger partial charge in [0.2, 0.25) is 5.91 Å². The molecule has 1 aliphatic heterocycles. The lowest BCUT2D eigenvalue weighted by molar-refractivity contribution is -0.120. The van der Waals surface area contributed by atoms with Crippen LogP contribution in [0.5, 0.6) is 11.6 Å². The highest BCUT2D eigenvalue weighted by Crippen LogP contribution is 2.31. The summed E-state index contributed by atoms with van der Waals surface area (Å²) in [5.74, 6) is 1.77. The first-order chi connectivity index (χ1) is 15.0. The van der Waals surface area contributed by atoms with Gasteiger partial charge >= 0.3 is 0 Å². The Hall–Kier alpha value is -3.41. The van der Waals surface area contributed by atoms with E-state index in [-0.39, 0.29) is 11.8 Å². The van der Waals surface area contributed by atoms with Crippen molar-refractivity contribution in [2.75, 3.05) is 23.3 Å². The maximum absolute atomic E-state index is 13.0. The van der Waals surface area contributed by atoms with E-state index in [4.69, 9.17) is 4.74 Å². The number of carbonyl (C=O) groups is 1. The van der Waals surface area contributed by atoms with E-state index in [0.29, 0.717) is 24.0 Å². The van der Waals surface area contributed by atoms with Gasteiger partial charge in [0.25, 0.3) is 5.88 Å². The summed E-state index contributed by atoms with van der Waals surface area (Å²) >= 11 is 0. The number of piperidine rings is 1. The lowest BCUT2D eigenvalue weighted by Crippen LogP contribution is -2.41. The van der Waals surface area contributed by atoms with Gasteiger partial charge in [-0.15, -0.1) is 0 Å². The van der Waals surface area contributed by atoms with Gasteiger partial charge in [-0.05, 0) is 57.4 Å². The smallest absolute Gasteiger partial charge is 0.263 e. The average molecular weight is 417 g/mol. The van der Waals surface area contributed by atoms with Crippen molar-refractivity contribution in [3.8, 4) is 11.6 Å². The second-order valence-electron chi connectivity index (χ2n) is 8.19. The molecule has 6 heteroatoms. The molecule has 1 saturated heterocycles. The van der Waals surface area contributed by atoms with Gasteiger partial charge in [0.05, 0.1) is 5.92 Å². The molecule has 2 aromatic carbocycles. The molecule has 4 rings (SSSR count). The summed E-state index contributed by atoms with van der Waals surface area (Å²) in [5.41, 5.74) is 4.29. The van der Waals surface area contributed by atoms with Crippen LogP contribution in [0.25, 0.3) is 0 Å². The van der Waals surface area contributed by atoms with Crippen LogP contribution in [-0.4, -0.2) is 29.0 Å². The fourth-order valence-electron chi connectivity index (χ4n) is 3.90. The number of carbonyl (C=O) groups excluding carboxylic acids is 1. The number of aryl methyl sites for hydroxylation is 3. The number of nitrogens with zero attached hydrogens (tertiary/aromatic N) is 3. The highest BCUT2D eigenvalue weighted by molar-refractivity contribution is 5.93. The largest absolute Gasteiger partial charge is 0.436 e. The molecule has 6 nitrogen and oxygen atoms in total. The first-order valence-corrected chi connectivity index (χ1v) is 10.7. The van der Waals surface area contributed by atoms with E-state index in [1.54, 1.807) is 12.4 Å². The van der Waals surface area contributed by atoms with E-state index in [2.05, 4.69) is 33.2 Å². The number of amides is 1. The highest BCUT2D eigenvalue weighted by atomic mass is 16.5. The number of hydrogen-bond acceptors (Lipinski definition) is 5. The molecule has 1 atom stereocenters. The summed E-state index contributed by atoms with van der Waals surface area (Å²) in [6.45, 7) is 7.50. The monoisotopic (exact) mass is 416 g/mol. The SMILES string of the molecule is Cc1ccc(Oc2nccnc2N2CCCC(C(=O)Nc3ccc(C)cc3C)C2)cc1.